The normalized spacial score (nSPS) is 14.6. The highest BCUT2D eigenvalue weighted by Crippen LogP contribution is 2.44. The highest BCUT2D eigenvalue weighted by atomic mass is 16.5. The number of nitriles is 1. The molecular weight excluding hydrogens is 434 g/mol. The minimum absolute atomic E-state index is 0.00874. The first-order valence-electron chi connectivity index (χ1n) is 10.8. The van der Waals surface area contributed by atoms with Gasteiger partial charge in [-0.15, -0.1) is 5.10 Å². The van der Waals surface area contributed by atoms with Crippen LogP contribution in [0.15, 0.2) is 53.9 Å². The predicted molar refractivity (Wildman–Crippen MR) is 126 cm³/mol. The van der Waals surface area contributed by atoms with Crippen molar-refractivity contribution in [2.24, 2.45) is 5.73 Å². The Balaban J connectivity index is 1.53. The highest BCUT2D eigenvalue weighted by Gasteiger charge is 2.34. The molecule has 4 N–H and O–H groups in total. The van der Waals surface area contributed by atoms with Crippen LogP contribution < -0.4 is 25.3 Å². The van der Waals surface area contributed by atoms with Gasteiger partial charge in [0.1, 0.15) is 11.6 Å². The van der Waals surface area contributed by atoms with E-state index in [-0.39, 0.29) is 24.0 Å². The third-order valence-corrected chi connectivity index (χ3v) is 5.66. The second-order valence-corrected chi connectivity index (χ2v) is 7.79. The van der Waals surface area contributed by atoms with E-state index in [0.29, 0.717) is 23.1 Å². The van der Waals surface area contributed by atoms with Crippen molar-refractivity contribution in [2.75, 3.05) is 19.0 Å². The number of hydrogen-bond acceptors (Lipinski definition) is 7. The number of carbonyl (C=O) groups is 1. The molecule has 0 saturated heterocycles. The fourth-order valence-corrected chi connectivity index (χ4v) is 3.88. The van der Waals surface area contributed by atoms with E-state index in [2.05, 4.69) is 28.5 Å². The quantitative estimate of drug-likeness (QED) is 0.492. The van der Waals surface area contributed by atoms with Gasteiger partial charge in [-0.1, -0.05) is 25.1 Å². The molecule has 2 aromatic carbocycles. The van der Waals surface area contributed by atoms with Crippen LogP contribution in [-0.4, -0.2) is 29.8 Å². The lowest BCUT2D eigenvalue weighted by Crippen LogP contribution is -2.21. The molecule has 0 spiro atoms. The standard InChI is InChI=1S/C25H25N5O4/c1-4-15-5-8-17(9-6-15)28-21(31)13-33-19-10-7-16(11-20(19)32-3)23-18(12-26)24(27)34-25-22(23)14(2)29-30-25/h5-11,23H,4,13,27H2,1-3H3,(H,28,31)(H,29,30). The number of nitrogens with two attached hydrogens (primary N) is 1. The van der Waals surface area contributed by atoms with Crippen LogP contribution in [0, 0.1) is 18.3 Å². The zero-order valence-corrected chi connectivity index (χ0v) is 19.1. The summed E-state index contributed by atoms with van der Waals surface area (Å²) in [6.45, 7) is 3.73. The monoisotopic (exact) mass is 459 g/mol. The van der Waals surface area contributed by atoms with Gasteiger partial charge in [-0.25, -0.2) is 0 Å². The van der Waals surface area contributed by atoms with Gasteiger partial charge in [0, 0.05) is 16.9 Å². The molecule has 9 nitrogen and oxygen atoms in total. The summed E-state index contributed by atoms with van der Waals surface area (Å²) in [5.41, 5.74) is 10.4. The maximum Gasteiger partial charge on any atom is 0.262 e. The molecular formula is C25H25N5O4. The number of rotatable bonds is 7. The minimum Gasteiger partial charge on any atom is -0.493 e. The van der Waals surface area contributed by atoms with Gasteiger partial charge in [0.25, 0.3) is 5.91 Å². The van der Waals surface area contributed by atoms with E-state index in [1.165, 1.54) is 12.7 Å². The molecule has 174 valence electrons. The zero-order chi connectivity index (χ0) is 24.2. The summed E-state index contributed by atoms with van der Waals surface area (Å²) in [5, 5.41) is 19.5. The second kappa shape index (κ2) is 9.58. The molecule has 0 radical (unpaired) electrons. The molecule has 1 atom stereocenters. The number of aryl methyl sites for hydroxylation is 2. The number of aromatic nitrogens is 2. The van der Waals surface area contributed by atoms with Crippen LogP contribution in [0.1, 0.15) is 35.2 Å². The number of carbonyl (C=O) groups excluding carboxylic acids is 1. The number of nitrogens with zero attached hydrogens (tertiary/aromatic N) is 2. The van der Waals surface area contributed by atoms with Gasteiger partial charge in [-0.05, 0) is 48.7 Å². The van der Waals surface area contributed by atoms with Crippen molar-refractivity contribution in [1.29, 1.82) is 5.26 Å². The number of amides is 1. The first kappa shape index (κ1) is 22.7. The van der Waals surface area contributed by atoms with Gasteiger partial charge in [-0.2, -0.15) is 5.26 Å². The summed E-state index contributed by atoms with van der Waals surface area (Å²) < 4.78 is 16.7. The minimum atomic E-state index is -0.482. The van der Waals surface area contributed by atoms with E-state index in [4.69, 9.17) is 19.9 Å². The summed E-state index contributed by atoms with van der Waals surface area (Å²) in [5.74, 6) is 0.388. The molecule has 1 aromatic heterocycles. The molecule has 1 aliphatic rings. The van der Waals surface area contributed by atoms with Crippen LogP contribution in [0.2, 0.25) is 0 Å². The maximum absolute atomic E-state index is 12.4. The van der Waals surface area contributed by atoms with E-state index < -0.39 is 5.92 Å². The number of H-pyrrole nitrogens is 1. The zero-order valence-electron chi connectivity index (χ0n) is 19.1. The molecule has 34 heavy (non-hydrogen) atoms. The molecule has 1 unspecified atom stereocenters. The van der Waals surface area contributed by atoms with Gasteiger partial charge in [-0.3, -0.25) is 9.89 Å². The summed E-state index contributed by atoms with van der Waals surface area (Å²) in [7, 11) is 1.51. The number of allylic oxidation sites excluding steroid dienone is 1. The lowest BCUT2D eigenvalue weighted by molar-refractivity contribution is -0.118. The van der Waals surface area contributed by atoms with E-state index in [9.17, 15) is 10.1 Å². The van der Waals surface area contributed by atoms with E-state index in [0.717, 1.165) is 23.2 Å². The lowest BCUT2D eigenvalue weighted by atomic mass is 9.84. The molecule has 1 amide bonds. The SMILES string of the molecule is CCc1ccc(NC(=O)COc2ccc(C3C(C#N)=C(N)Oc4n[nH]c(C)c43)cc2OC)cc1. The number of benzene rings is 2. The molecule has 0 saturated carbocycles. The van der Waals surface area contributed by atoms with Crippen LogP contribution in [0.25, 0.3) is 0 Å². The van der Waals surface area contributed by atoms with Crippen molar-refractivity contribution in [3.8, 4) is 23.4 Å². The predicted octanol–water partition coefficient (Wildman–Crippen LogP) is 3.52. The van der Waals surface area contributed by atoms with Gasteiger partial charge in [0.15, 0.2) is 18.1 Å². The summed E-state index contributed by atoms with van der Waals surface area (Å²) in [6.07, 6.45) is 0.931. The summed E-state index contributed by atoms with van der Waals surface area (Å²) in [6, 6.07) is 15.1. The summed E-state index contributed by atoms with van der Waals surface area (Å²) >= 11 is 0. The van der Waals surface area contributed by atoms with Crippen LogP contribution >= 0.6 is 0 Å². The third kappa shape index (κ3) is 4.38. The number of anilines is 1. The Morgan fingerprint density at radius 2 is 2.03 bits per heavy atom. The Hall–Kier alpha value is -4.45. The van der Waals surface area contributed by atoms with Crippen LogP contribution in [0.3, 0.4) is 0 Å². The van der Waals surface area contributed by atoms with E-state index >= 15 is 0 Å². The first-order valence-corrected chi connectivity index (χ1v) is 10.8. The lowest BCUT2D eigenvalue weighted by Gasteiger charge is -2.24. The maximum atomic E-state index is 12.4. The Bertz CT molecular complexity index is 1290. The van der Waals surface area contributed by atoms with Crippen molar-refractivity contribution < 1.29 is 19.0 Å². The molecule has 2 heterocycles. The number of methoxy groups -OCH3 is 1. The molecule has 0 aliphatic carbocycles. The van der Waals surface area contributed by atoms with E-state index in [1.807, 2.05) is 31.2 Å². The van der Waals surface area contributed by atoms with Gasteiger partial charge in [0.2, 0.25) is 11.8 Å². The van der Waals surface area contributed by atoms with Crippen LogP contribution in [-0.2, 0) is 11.2 Å². The highest BCUT2D eigenvalue weighted by molar-refractivity contribution is 5.91. The van der Waals surface area contributed by atoms with E-state index in [1.54, 1.807) is 18.2 Å². The molecule has 1 aliphatic heterocycles. The molecule has 0 bridgehead atoms. The van der Waals surface area contributed by atoms with Gasteiger partial charge < -0.3 is 25.3 Å². The summed E-state index contributed by atoms with van der Waals surface area (Å²) in [4.78, 5) is 12.4. The van der Waals surface area contributed by atoms with Crippen molar-refractivity contribution in [2.45, 2.75) is 26.2 Å². The molecule has 9 heteroatoms. The Morgan fingerprint density at radius 1 is 1.26 bits per heavy atom. The topological polar surface area (TPSA) is 135 Å². The number of ether oxygens (including phenoxy) is 3. The van der Waals surface area contributed by atoms with Crippen molar-refractivity contribution in [3.63, 3.8) is 0 Å². The average molecular weight is 460 g/mol. The molecule has 4 rings (SSSR count). The Labute approximate surface area is 197 Å². The van der Waals surface area contributed by atoms with Crippen LogP contribution in [0.5, 0.6) is 17.4 Å². The molecule has 0 fully saturated rings. The van der Waals surface area contributed by atoms with Crippen molar-refractivity contribution in [1.82, 2.24) is 10.2 Å². The van der Waals surface area contributed by atoms with Gasteiger partial charge >= 0.3 is 0 Å². The van der Waals surface area contributed by atoms with Crippen LogP contribution in [0.4, 0.5) is 5.69 Å². The Morgan fingerprint density at radius 3 is 2.71 bits per heavy atom. The number of hydrogen-bond donors (Lipinski definition) is 3. The molecule has 3 aromatic rings. The fourth-order valence-electron chi connectivity index (χ4n) is 3.88. The fraction of sp³-hybridized carbons (Fsp3) is 0.240. The van der Waals surface area contributed by atoms with Crippen molar-refractivity contribution >= 4 is 11.6 Å². The second-order valence-electron chi connectivity index (χ2n) is 7.79. The number of fused-ring (bicyclic) bond motifs is 1. The smallest absolute Gasteiger partial charge is 0.262 e. The average Bonchev–Trinajstić information content (AvgIpc) is 3.22. The van der Waals surface area contributed by atoms with Gasteiger partial charge in [0.05, 0.1) is 13.0 Å². The first-order chi connectivity index (χ1) is 16.4. The third-order valence-electron chi connectivity index (χ3n) is 5.66. The largest absolute Gasteiger partial charge is 0.493 e. The Kier molecular flexibility index (Phi) is 6.41. The van der Waals surface area contributed by atoms with Crippen molar-refractivity contribution in [3.05, 3.63) is 76.3 Å². The number of aromatic amines is 1. The number of nitrogens with one attached hydrogen (secondary N) is 2.